The molecule has 1 aromatic rings. The molecule has 0 saturated heterocycles. The monoisotopic (exact) mass is 267 g/mol. The molecule has 0 aromatic carbocycles. The predicted molar refractivity (Wildman–Crippen MR) is 73.4 cm³/mol. The lowest BCUT2D eigenvalue weighted by molar-refractivity contribution is 0.502. The van der Waals surface area contributed by atoms with E-state index in [-0.39, 0.29) is 25.1 Å². The normalized spacial score (nSPS) is 9.47. The molecule has 7 nitrogen and oxygen atoms in total. The molecule has 0 radical (unpaired) electrons. The van der Waals surface area contributed by atoms with Crippen LogP contribution >= 0.6 is 0 Å². The molecule has 0 atom stereocenters. The smallest absolute Gasteiger partial charge is 0.336 e. The van der Waals surface area contributed by atoms with Crippen LogP contribution in [0.3, 0.4) is 0 Å². The molecule has 7 heteroatoms. The average molecular weight is 267 g/mol. The lowest BCUT2D eigenvalue weighted by Crippen LogP contribution is -2.54. The predicted octanol–water partition coefficient (Wildman–Crippen LogP) is -1.09. The summed E-state index contributed by atoms with van der Waals surface area (Å²) in [5, 5.41) is 0. The molecule has 104 valence electrons. The van der Waals surface area contributed by atoms with Crippen LogP contribution in [0.5, 0.6) is 0 Å². The van der Waals surface area contributed by atoms with Gasteiger partial charge in [0.1, 0.15) is 0 Å². The summed E-state index contributed by atoms with van der Waals surface area (Å²) in [6.07, 6.45) is 4.26. The molecule has 2 N–H and O–H groups in total. The first kappa shape index (κ1) is 16.6. The molecule has 0 amide bonds. The second kappa shape index (κ2) is 7.12. The van der Waals surface area contributed by atoms with Crippen molar-refractivity contribution in [2.75, 3.05) is 0 Å². The first-order valence-corrected chi connectivity index (χ1v) is 5.35. The van der Waals surface area contributed by atoms with E-state index in [0.717, 1.165) is 13.7 Å². The largest absolute Gasteiger partial charge is 0.412 e. The van der Waals surface area contributed by atoms with E-state index < -0.39 is 17.1 Å². The van der Waals surface area contributed by atoms with Gasteiger partial charge in [0, 0.05) is 0 Å². The quantitative estimate of drug-likeness (QED) is 0.612. The number of hydrogen-bond donors (Lipinski definition) is 0. The summed E-state index contributed by atoms with van der Waals surface area (Å²) in [5.74, 6) is 0. The zero-order valence-electron chi connectivity index (χ0n) is 10.5. The van der Waals surface area contributed by atoms with Gasteiger partial charge in [-0.15, -0.1) is 19.7 Å². The zero-order valence-corrected chi connectivity index (χ0v) is 10.5. The molecule has 0 bridgehead atoms. The van der Waals surface area contributed by atoms with E-state index in [1.807, 2.05) is 0 Å². The van der Waals surface area contributed by atoms with Crippen LogP contribution < -0.4 is 17.1 Å². The zero-order chi connectivity index (χ0) is 13.7. The van der Waals surface area contributed by atoms with E-state index in [9.17, 15) is 14.4 Å². The van der Waals surface area contributed by atoms with E-state index in [1.54, 1.807) is 0 Å². The van der Waals surface area contributed by atoms with Crippen LogP contribution in [0.25, 0.3) is 0 Å². The van der Waals surface area contributed by atoms with Crippen molar-refractivity contribution in [2.45, 2.75) is 19.6 Å². The third kappa shape index (κ3) is 3.08. The minimum atomic E-state index is -0.662. The maximum absolute atomic E-state index is 11.9. The Morgan fingerprint density at radius 2 is 0.895 bits per heavy atom. The molecule has 0 aliphatic carbocycles. The molecule has 0 spiro atoms. The lowest BCUT2D eigenvalue weighted by Gasteiger charge is -2.10. The summed E-state index contributed by atoms with van der Waals surface area (Å²) in [5.41, 5.74) is -1.99. The summed E-state index contributed by atoms with van der Waals surface area (Å²) in [6, 6.07) is 0. The number of nitrogens with zero attached hydrogens (tertiary/aromatic N) is 3. The summed E-state index contributed by atoms with van der Waals surface area (Å²) in [6.45, 7) is 10.6. The third-order valence-electron chi connectivity index (χ3n) is 2.32. The van der Waals surface area contributed by atoms with Crippen LogP contribution in [-0.2, 0) is 19.6 Å². The molecule has 1 aromatic heterocycles. The molecule has 19 heavy (non-hydrogen) atoms. The summed E-state index contributed by atoms with van der Waals surface area (Å²) >= 11 is 0. The van der Waals surface area contributed by atoms with Gasteiger partial charge in [-0.1, -0.05) is 18.2 Å². The third-order valence-corrected chi connectivity index (χ3v) is 2.32. The van der Waals surface area contributed by atoms with Gasteiger partial charge in [-0.3, -0.25) is 0 Å². The van der Waals surface area contributed by atoms with Crippen molar-refractivity contribution in [3.63, 3.8) is 0 Å². The van der Waals surface area contributed by atoms with Gasteiger partial charge in [0.05, 0.1) is 19.6 Å². The van der Waals surface area contributed by atoms with Crippen molar-refractivity contribution >= 4 is 0 Å². The minimum absolute atomic E-state index is 0. The van der Waals surface area contributed by atoms with Gasteiger partial charge in [-0.25, -0.2) is 28.1 Å². The maximum Gasteiger partial charge on any atom is 0.336 e. The summed E-state index contributed by atoms with van der Waals surface area (Å²) in [7, 11) is 0. The van der Waals surface area contributed by atoms with Crippen molar-refractivity contribution < 1.29 is 5.48 Å². The highest BCUT2D eigenvalue weighted by Gasteiger charge is 2.12. The van der Waals surface area contributed by atoms with Gasteiger partial charge in [0.2, 0.25) is 0 Å². The molecule has 0 unspecified atom stereocenters. The fourth-order valence-electron chi connectivity index (χ4n) is 1.54. The number of hydrogen-bond acceptors (Lipinski definition) is 3. The van der Waals surface area contributed by atoms with Crippen molar-refractivity contribution in [1.29, 1.82) is 0 Å². The van der Waals surface area contributed by atoms with Gasteiger partial charge in [0.15, 0.2) is 0 Å². The number of allylic oxidation sites excluding steroid dienone is 3. The molecular weight excluding hydrogens is 250 g/mol. The number of rotatable bonds is 6. The van der Waals surface area contributed by atoms with Crippen molar-refractivity contribution in [3.05, 3.63) is 69.4 Å². The van der Waals surface area contributed by atoms with Crippen molar-refractivity contribution in [3.8, 4) is 0 Å². The van der Waals surface area contributed by atoms with Gasteiger partial charge in [-0.05, 0) is 0 Å². The molecule has 0 saturated carbocycles. The van der Waals surface area contributed by atoms with E-state index in [4.69, 9.17) is 0 Å². The molecule has 1 rings (SSSR count). The standard InChI is InChI=1S/C12H15N3O3.H2O/c1-4-7-13-10(16)14(8-5-2)12(18)15(9-6-3)11(13)17;/h4-6H,1-3,7-9H2;1H2. The average Bonchev–Trinajstić information content (AvgIpc) is 2.35. The first-order valence-electron chi connectivity index (χ1n) is 5.35. The van der Waals surface area contributed by atoms with E-state index >= 15 is 0 Å². The minimum Gasteiger partial charge on any atom is -0.412 e. The van der Waals surface area contributed by atoms with E-state index in [0.29, 0.717) is 0 Å². The fourth-order valence-corrected chi connectivity index (χ4v) is 1.54. The van der Waals surface area contributed by atoms with Crippen LogP contribution in [-0.4, -0.2) is 19.2 Å². The Bertz CT molecular complexity index is 528. The molecule has 0 aliphatic rings. The van der Waals surface area contributed by atoms with Gasteiger partial charge in [-0.2, -0.15) is 0 Å². The lowest BCUT2D eigenvalue weighted by atomic mass is 10.5. The maximum atomic E-state index is 11.9. The van der Waals surface area contributed by atoms with Gasteiger partial charge in [0.25, 0.3) is 0 Å². The Hall–Kier alpha value is -2.41. The Balaban J connectivity index is 0.00000324. The van der Waals surface area contributed by atoms with E-state index in [1.165, 1.54) is 18.2 Å². The highest BCUT2D eigenvalue weighted by atomic mass is 16.2. The summed E-state index contributed by atoms with van der Waals surface area (Å²) in [4.78, 5) is 35.8. The van der Waals surface area contributed by atoms with Gasteiger partial charge < -0.3 is 5.48 Å². The molecule has 0 aliphatic heterocycles. The second-order valence-electron chi connectivity index (χ2n) is 3.55. The fraction of sp³-hybridized carbons (Fsp3) is 0.250. The van der Waals surface area contributed by atoms with Crippen LogP contribution in [0.15, 0.2) is 52.3 Å². The highest BCUT2D eigenvalue weighted by molar-refractivity contribution is 4.86. The molecule has 1 heterocycles. The van der Waals surface area contributed by atoms with Crippen LogP contribution in [0.1, 0.15) is 0 Å². The van der Waals surface area contributed by atoms with Gasteiger partial charge >= 0.3 is 17.1 Å². The Morgan fingerprint density at radius 1 is 0.684 bits per heavy atom. The van der Waals surface area contributed by atoms with E-state index in [2.05, 4.69) is 19.7 Å². The molecule has 0 fully saturated rings. The highest BCUT2D eigenvalue weighted by Crippen LogP contribution is 1.79. The van der Waals surface area contributed by atoms with Crippen LogP contribution in [0, 0.1) is 0 Å². The number of aromatic nitrogens is 3. The SMILES string of the molecule is C=CCn1c(=O)n(CC=C)c(=O)n(CC=C)c1=O.O. The van der Waals surface area contributed by atoms with Crippen molar-refractivity contribution in [2.24, 2.45) is 0 Å². The van der Waals surface area contributed by atoms with Crippen molar-refractivity contribution in [1.82, 2.24) is 13.7 Å². The van der Waals surface area contributed by atoms with Crippen LogP contribution in [0.2, 0.25) is 0 Å². The second-order valence-corrected chi connectivity index (χ2v) is 3.55. The topological polar surface area (TPSA) is 97.5 Å². The first-order chi connectivity index (χ1) is 8.58. The Morgan fingerprint density at radius 3 is 1.05 bits per heavy atom. The molecular formula is C12H17N3O4. The summed E-state index contributed by atoms with van der Waals surface area (Å²) < 4.78 is 2.84. The Kier molecular flexibility index (Phi) is 6.22. The van der Waals surface area contributed by atoms with Crippen LogP contribution in [0.4, 0.5) is 0 Å². The Labute approximate surface area is 109 Å².